The van der Waals surface area contributed by atoms with E-state index in [1.165, 1.54) is 10.8 Å². The monoisotopic (exact) mass is 369 g/mol. The first kappa shape index (κ1) is 17.4. The Hall–Kier alpha value is -2.00. The Morgan fingerprint density at radius 3 is 2.70 bits per heavy atom. The molecule has 118 valence electrons. The van der Waals surface area contributed by atoms with Crippen LogP contribution in [0.4, 0.5) is 0 Å². The van der Waals surface area contributed by atoms with Gasteiger partial charge in [-0.05, 0) is 30.7 Å². The first-order chi connectivity index (χ1) is 10.8. The highest BCUT2D eigenvalue weighted by molar-refractivity contribution is 6.35. The second-order valence-electron chi connectivity index (χ2n) is 4.66. The van der Waals surface area contributed by atoms with E-state index >= 15 is 0 Å². The van der Waals surface area contributed by atoms with E-state index in [-0.39, 0.29) is 5.15 Å². The van der Waals surface area contributed by atoms with Gasteiger partial charge in [0.15, 0.2) is 0 Å². The molecule has 23 heavy (non-hydrogen) atoms. The standard InChI is InChI=1S/C15H10Cl3N3O2/c1-8-12(4-10(6-19)15(22)23)14(18)21(20-8)7-9-2-3-11(16)5-13(9)17/h2-5H,7H2,1H3,(H,22,23). The summed E-state index contributed by atoms with van der Waals surface area (Å²) in [5.41, 5.74) is 1.23. The Labute approximate surface area is 147 Å². The first-order valence-corrected chi connectivity index (χ1v) is 7.48. The van der Waals surface area contributed by atoms with Crippen LogP contribution in [0, 0.1) is 18.3 Å². The molecule has 0 spiro atoms. The molecule has 0 aliphatic heterocycles. The Balaban J connectivity index is 2.42. The fourth-order valence-electron chi connectivity index (χ4n) is 1.93. The van der Waals surface area contributed by atoms with Crippen molar-refractivity contribution in [2.45, 2.75) is 13.5 Å². The number of hydrogen-bond donors (Lipinski definition) is 1. The van der Waals surface area contributed by atoms with Crippen LogP contribution in [-0.4, -0.2) is 20.9 Å². The first-order valence-electron chi connectivity index (χ1n) is 6.35. The van der Waals surface area contributed by atoms with Crippen molar-refractivity contribution in [2.24, 2.45) is 0 Å². The molecule has 0 saturated carbocycles. The quantitative estimate of drug-likeness (QED) is 0.646. The van der Waals surface area contributed by atoms with E-state index < -0.39 is 11.5 Å². The lowest BCUT2D eigenvalue weighted by Gasteiger charge is -2.06. The molecule has 8 heteroatoms. The van der Waals surface area contributed by atoms with E-state index in [1.54, 1.807) is 31.2 Å². The topological polar surface area (TPSA) is 78.9 Å². The SMILES string of the molecule is Cc1nn(Cc2ccc(Cl)cc2Cl)c(Cl)c1C=C(C#N)C(=O)O. The molecular weight excluding hydrogens is 361 g/mol. The van der Waals surface area contributed by atoms with Gasteiger partial charge in [0.25, 0.3) is 0 Å². The van der Waals surface area contributed by atoms with E-state index in [1.807, 2.05) is 0 Å². The maximum Gasteiger partial charge on any atom is 0.346 e. The van der Waals surface area contributed by atoms with Gasteiger partial charge in [0.2, 0.25) is 0 Å². The van der Waals surface area contributed by atoms with Crippen LogP contribution in [0.3, 0.4) is 0 Å². The van der Waals surface area contributed by atoms with Gasteiger partial charge >= 0.3 is 5.97 Å². The summed E-state index contributed by atoms with van der Waals surface area (Å²) in [5, 5.41) is 23.3. The van der Waals surface area contributed by atoms with Gasteiger partial charge in [-0.2, -0.15) is 10.4 Å². The van der Waals surface area contributed by atoms with Crippen LogP contribution in [0.15, 0.2) is 23.8 Å². The second-order valence-corrected chi connectivity index (χ2v) is 5.86. The van der Waals surface area contributed by atoms with Gasteiger partial charge in [0, 0.05) is 15.6 Å². The molecule has 1 aromatic heterocycles. The van der Waals surface area contributed by atoms with Crippen molar-refractivity contribution in [3.8, 4) is 6.07 Å². The maximum absolute atomic E-state index is 10.9. The molecule has 1 N–H and O–H groups in total. The number of carbonyl (C=O) groups is 1. The van der Waals surface area contributed by atoms with Crippen molar-refractivity contribution < 1.29 is 9.90 Å². The second kappa shape index (κ2) is 7.05. The number of aryl methyl sites for hydroxylation is 1. The van der Waals surface area contributed by atoms with E-state index in [2.05, 4.69) is 5.10 Å². The molecule has 0 amide bonds. The zero-order chi connectivity index (χ0) is 17.1. The molecule has 0 aliphatic rings. The zero-order valence-electron chi connectivity index (χ0n) is 11.8. The average Bonchev–Trinajstić information content (AvgIpc) is 2.74. The molecule has 5 nitrogen and oxygen atoms in total. The predicted octanol–water partition coefficient (Wildman–Crippen LogP) is 4.19. The van der Waals surface area contributed by atoms with Crippen LogP contribution in [0.1, 0.15) is 16.8 Å². The number of carboxylic acids is 1. The number of benzene rings is 1. The van der Waals surface area contributed by atoms with Crippen LogP contribution >= 0.6 is 34.8 Å². The minimum atomic E-state index is -1.32. The fourth-order valence-corrected chi connectivity index (χ4v) is 2.69. The van der Waals surface area contributed by atoms with Gasteiger partial charge in [-0.15, -0.1) is 0 Å². The largest absolute Gasteiger partial charge is 0.477 e. The van der Waals surface area contributed by atoms with Crippen LogP contribution in [0.25, 0.3) is 6.08 Å². The predicted molar refractivity (Wildman–Crippen MR) is 88.8 cm³/mol. The molecule has 0 aliphatic carbocycles. The third kappa shape index (κ3) is 3.85. The summed E-state index contributed by atoms with van der Waals surface area (Å²) in [6.07, 6.45) is 1.20. The number of hydrogen-bond acceptors (Lipinski definition) is 3. The van der Waals surface area contributed by atoms with Crippen molar-refractivity contribution in [1.29, 1.82) is 5.26 Å². The van der Waals surface area contributed by atoms with Gasteiger partial charge in [0.05, 0.1) is 12.2 Å². The van der Waals surface area contributed by atoms with Gasteiger partial charge in [0.1, 0.15) is 16.8 Å². The molecule has 0 radical (unpaired) electrons. The van der Waals surface area contributed by atoms with Crippen molar-refractivity contribution in [2.75, 3.05) is 0 Å². The highest BCUT2D eigenvalue weighted by Gasteiger charge is 2.16. The van der Waals surface area contributed by atoms with Crippen LogP contribution < -0.4 is 0 Å². The molecule has 0 saturated heterocycles. The molecule has 0 unspecified atom stereocenters. The summed E-state index contributed by atoms with van der Waals surface area (Å²) in [6, 6.07) is 6.68. The van der Waals surface area contributed by atoms with Gasteiger partial charge in [-0.25, -0.2) is 9.48 Å². The number of nitrogens with zero attached hydrogens (tertiary/aromatic N) is 3. The number of aliphatic carboxylic acids is 1. The summed E-state index contributed by atoms with van der Waals surface area (Å²) >= 11 is 18.2. The lowest BCUT2D eigenvalue weighted by Crippen LogP contribution is -2.02. The number of rotatable bonds is 4. The number of halogens is 3. The third-order valence-corrected chi connectivity index (χ3v) is 4.07. The van der Waals surface area contributed by atoms with E-state index in [9.17, 15) is 4.79 Å². The lowest BCUT2D eigenvalue weighted by atomic mass is 10.1. The maximum atomic E-state index is 10.9. The van der Waals surface area contributed by atoms with Crippen molar-refractivity contribution >= 4 is 46.8 Å². The van der Waals surface area contributed by atoms with Crippen LogP contribution in [0.5, 0.6) is 0 Å². The van der Waals surface area contributed by atoms with E-state index in [0.717, 1.165) is 5.56 Å². The molecule has 1 aromatic carbocycles. The van der Waals surface area contributed by atoms with Gasteiger partial charge in [-0.1, -0.05) is 40.9 Å². The van der Waals surface area contributed by atoms with Crippen LogP contribution in [-0.2, 0) is 11.3 Å². The van der Waals surface area contributed by atoms with E-state index in [4.69, 9.17) is 45.2 Å². The van der Waals surface area contributed by atoms with Gasteiger partial charge < -0.3 is 5.11 Å². The number of carboxylic acid groups (broad SMARTS) is 1. The highest BCUT2D eigenvalue weighted by atomic mass is 35.5. The summed E-state index contributed by atoms with van der Waals surface area (Å²) in [4.78, 5) is 10.9. The molecule has 2 rings (SSSR count). The molecule has 0 fully saturated rings. The number of aromatic nitrogens is 2. The Morgan fingerprint density at radius 2 is 2.13 bits per heavy atom. The van der Waals surface area contributed by atoms with Gasteiger partial charge in [-0.3, -0.25) is 0 Å². The lowest BCUT2D eigenvalue weighted by molar-refractivity contribution is -0.132. The summed E-state index contributed by atoms with van der Waals surface area (Å²) < 4.78 is 1.48. The Morgan fingerprint density at radius 1 is 1.43 bits per heavy atom. The number of nitriles is 1. The fraction of sp³-hybridized carbons (Fsp3) is 0.133. The van der Waals surface area contributed by atoms with E-state index in [0.29, 0.717) is 27.8 Å². The van der Waals surface area contributed by atoms with Crippen LogP contribution in [0.2, 0.25) is 15.2 Å². The summed E-state index contributed by atoms with van der Waals surface area (Å²) in [6.45, 7) is 1.97. The molecule has 0 atom stereocenters. The minimum absolute atomic E-state index is 0.225. The molecule has 1 heterocycles. The normalized spacial score (nSPS) is 11.3. The smallest absolute Gasteiger partial charge is 0.346 e. The Kier molecular flexibility index (Phi) is 5.32. The third-order valence-electron chi connectivity index (χ3n) is 3.08. The zero-order valence-corrected chi connectivity index (χ0v) is 14.1. The summed E-state index contributed by atoms with van der Waals surface area (Å²) in [7, 11) is 0. The summed E-state index contributed by atoms with van der Waals surface area (Å²) in [5.74, 6) is -1.32. The highest BCUT2D eigenvalue weighted by Crippen LogP contribution is 2.26. The minimum Gasteiger partial charge on any atom is -0.477 e. The average molecular weight is 371 g/mol. The van der Waals surface area contributed by atoms with Crippen molar-refractivity contribution in [3.05, 3.63) is 55.8 Å². The van der Waals surface area contributed by atoms with Crippen molar-refractivity contribution in [1.82, 2.24) is 9.78 Å². The Bertz CT molecular complexity index is 850. The molecule has 0 bridgehead atoms. The molecular formula is C15H10Cl3N3O2. The molecule has 2 aromatic rings. The van der Waals surface area contributed by atoms with Crippen molar-refractivity contribution in [3.63, 3.8) is 0 Å².